The molecule has 1 aromatic carbocycles. The molecule has 0 heterocycles. The fourth-order valence-electron chi connectivity index (χ4n) is 4.24. The molecule has 0 saturated heterocycles. The summed E-state index contributed by atoms with van der Waals surface area (Å²) in [6.07, 6.45) is 17.9. The molecule has 0 aromatic heterocycles. The lowest BCUT2D eigenvalue weighted by atomic mass is 9.88. The second kappa shape index (κ2) is 16.3. The Bertz CT molecular complexity index is 580. The number of aromatic hydroxyl groups is 2. The maximum atomic E-state index is 10.9. The van der Waals surface area contributed by atoms with Crippen molar-refractivity contribution in [1.82, 2.24) is 0 Å². The van der Waals surface area contributed by atoms with Crippen molar-refractivity contribution in [2.45, 2.75) is 130 Å². The van der Waals surface area contributed by atoms with Crippen LogP contribution in [0.4, 0.5) is 0 Å². The first-order valence-electron chi connectivity index (χ1n) is 12.8. The van der Waals surface area contributed by atoms with Crippen LogP contribution >= 0.6 is 0 Å². The van der Waals surface area contributed by atoms with Gasteiger partial charge in [-0.05, 0) is 50.5 Å². The van der Waals surface area contributed by atoms with Crippen molar-refractivity contribution in [3.8, 4) is 17.2 Å². The lowest BCUT2D eigenvalue weighted by Crippen LogP contribution is -2.08. The lowest BCUT2D eigenvalue weighted by Gasteiger charge is -2.22. The predicted octanol–water partition coefficient (Wildman–Crippen LogP) is 8.26. The molecule has 0 unspecified atom stereocenters. The summed E-state index contributed by atoms with van der Waals surface area (Å²) in [5, 5.41) is 21.8. The van der Waals surface area contributed by atoms with Gasteiger partial charge in [-0.15, -0.1) is 0 Å². The van der Waals surface area contributed by atoms with E-state index in [0.29, 0.717) is 12.4 Å². The minimum Gasteiger partial charge on any atom is -0.504 e. The van der Waals surface area contributed by atoms with Crippen LogP contribution in [0, 0.1) is 0 Å². The summed E-state index contributed by atoms with van der Waals surface area (Å²) < 4.78 is 6.01. The van der Waals surface area contributed by atoms with E-state index in [4.69, 9.17) is 4.74 Å². The van der Waals surface area contributed by atoms with Gasteiger partial charge in [-0.2, -0.15) is 0 Å². The van der Waals surface area contributed by atoms with Crippen molar-refractivity contribution in [3.05, 3.63) is 16.7 Å². The quantitative estimate of drug-likeness (QED) is 0.186. The Labute approximate surface area is 186 Å². The number of unbranched alkanes of at least 4 members (excludes halogenated alkanes) is 9. The smallest absolute Gasteiger partial charge is 0.201 e. The van der Waals surface area contributed by atoms with Gasteiger partial charge in [-0.1, -0.05) is 85.5 Å². The molecule has 30 heavy (non-hydrogen) atoms. The van der Waals surface area contributed by atoms with Gasteiger partial charge < -0.3 is 14.9 Å². The third kappa shape index (κ3) is 8.78. The fraction of sp³-hybridized carbons (Fsp3) is 0.778. The summed E-state index contributed by atoms with van der Waals surface area (Å²) in [5.74, 6) is 0.589. The molecule has 1 aromatic rings. The summed E-state index contributed by atoms with van der Waals surface area (Å²) in [5.41, 5.74) is 3.41. The first-order valence-corrected chi connectivity index (χ1v) is 12.8. The Kier molecular flexibility index (Phi) is 14.5. The van der Waals surface area contributed by atoms with Crippen LogP contribution in [0.3, 0.4) is 0 Å². The maximum Gasteiger partial charge on any atom is 0.201 e. The topological polar surface area (TPSA) is 49.7 Å². The second-order valence-electron chi connectivity index (χ2n) is 8.74. The van der Waals surface area contributed by atoms with E-state index >= 15 is 0 Å². The van der Waals surface area contributed by atoms with Crippen LogP contribution in [0.25, 0.3) is 0 Å². The van der Waals surface area contributed by atoms with E-state index in [2.05, 4.69) is 27.7 Å². The molecule has 0 bridgehead atoms. The molecular weight excluding hydrogens is 372 g/mol. The maximum absolute atomic E-state index is 10.9. The Morgan fingerprint density at radius 3 is 1.43 bits per heavy atom. The van der Waals surface area contributed by atoms with Gasteiger partial charge in [0.05, 0.1) is 6.61 Å². The van der Waals surface area contributed by atoms with Crippen molar-refractivity contribution < 1.29 is 14.9 Å². The highest BCUT2D eigenvalue weighted by atomic mass is 16.5. The molecule has 0 spiro atoms. The van der Waals surface area contributed by atoms with Crippen molar-refractivity contribution in [1.29, 1.82) is 0 Å². The third-order valence-corrected chi connectivity index (χ3v) is 6.02. The number of benzene rings is 1. The molecule has 3 heteroatoms. The Balaban J connectivity index is 3.27. The van der Waals surface area contributed by atoms with E-state index in [1.807, 2.05) is 0 Å². The van der Waals surface area contributed by atoms with Gasteiger partial charge >= 0.3 is 0 Å². The zero-order chi connectivity index (χ0) is 22.2. The Morgan fingerprint density at radius 2 is 0.967 bits per heavy atom. The van der Waals surface area contributed by atoms with Crippen LogP contribution < -0.4 is 4.74 Å². The highest BCUT2D eigenvalue weighted by Gasteiger charge is 2.24. The fourth-order valence-corrected chi connectivity index (χ4v) is 4.24. The highest BCUT2D eigenvalue weighted by molar-refractivity contribution is 5.62. The van der Waals surface area contributed by atoms with E-state index in [1.165, 1.54) is 63.4 Å². The summed E-state index contributed by atoms with van der Waals surface area (Å²) in [7, 11) is 0. The molecule has 0 atom stereocenters. The average molecular weight is 421 g/mol. The van der Waals surface area contributed by atoms with Crippen molar-refractivity contribution in [2.75, 3.05) is 6.61 Å². The van der Waals surface area contributed by atoms with Crippen molar-refractivity contribution in [2.24, 2.45) is 0 Å². The van der Waals surface area contributed by atoms with Crippen LogP contribution in [-0.2, 0) is 19.3 Å². The van der Waals surface area contributed by atoms with Gasteiger partial charge in [0, 0.05) is 11.1 Å². The average Bonchev–Trinajstić information content (AvgIpc) is 2.75. The van der Waals surface area contributed by atoms with E-state index in [1.54, 1.807) is 0 Å². The van der Waals surface area contributed by atoms with Gasteiger partial charge in [0.2, 0.25) is 5.75 Å². The molecule has 0 amide bonds. The molecular formula is C27H48O3. The van der Waals surface area contributed by atoms with Crippen LogP contribution in [-0.4, -0.2) is 16.8 Å². The number of phenolic OH excluding ortho intramolecular Hbond substituents is 2. The zero-order valence-electron chi connectivity index (χ0n) is 20.3. The summed E-state index contributed by atoms with van der Waals surface area (Å²) in [6, 6.07) is 0. The van der Waals surface area contributed by atoms with Crippen LogP contribution in [0.2, 0.25) is 0 Å². The molecule has 2 N–H and O–H groups in total. The monoisotopic (exact) mass is 420 g/mol. The number of rotatable bonds is 18. The van der Waals surface area contributed by atoms with Gasteiger partial charge in [0.15, 0.2) is 11.5 Å². The molecule has 0 radical (unpaired) electrons. The molecule has 3 nitrogen and oxygen atoms in total. The minimum absolute atomic E-state index is 0.0308. The highest BCUT2D eigenvalue weighted by Crippen LogP contribution is 2.46. The molecule has 174 valence electrons. The SMILES string of the molecule is CCCCCCc1c(O)c(O)c(OCCC)c(CCCCCC)c1CCCCCC. The summed E-state index contributed by atoms with van der Waals surface area (Å²) in [4.78, 5) is 0. The van der Waals surface area contributed by atoms with Crippen molar-refractivity contribution in [3.63, 3.8) is 0 Å². The standard InChI is InChI=1S/C27H48O3/c1-5-9-12-15-18-22-23(19-16-13-10-6-2)25(28)26(29)27(30-21-8-4)24(22)20-17-14-11-7-3/h28-29H,5-21H2,1-4H3. The second-order valence-corrected chi connectivity index (χ2v) is 8.74. The van der Waals surface area contributed by atoms with Gasteiger partial charge in [0.25, 0.3) is 0 Å². The summed E-state index contributed by atoms with van der Waals surface area (Å²) >= 11 is 0. The van der Waals surface area contributed by atoms with Gasteiger partial charge in [-0.3, -0.25) is 0 Å². The molecule has 1 rings (SSSR count). The molecule has 0 fully saturated rings. The van der Waals surface area contributed by atoms with E-state index < -0.39 is 0 Å². The van der Waals surface area contributed by atoms with Crippen molar-refractivity contribution >= 4 is 0 Å². The Morgan fingerprint density at radius 1 is 0.500 bits per heavy atom. The molecule has 0 aliphatic carbocycles. The van der Waals surface area contributed by atoms with Crippen LogP contribution in [0.1, 0.15) is 128 Å². The first kappa shape index (κ1) is 26.7. The molecule has 0 aliphatic rings. The van der Waals surface area contributed by atoms with E-state index in [-0.39, 0.29) is 11.5 Å². The first-order chi connectivity index (χ1) is 14.6. The Hall–Kier alpha value is -1.38. The van der Waals surface area contributed by atoms with Crippen LogP contribution in [0.5, 0.6) is 17.2 Å². The number of ether oxygens (including phenoxy) is 1. The number of hydrogen-bond donors (Lipinski definition) is 2. The largest absolute Gasteiger partial charge is 0.504 e. The zero-order valence-corrected chi connectivity index (χ0v) is 20.3. The van der Waals surface area contributed by atoms with Crippen LogP contribution in [0.15, 0.2) is 0 Å². The van der Waals surface area contributed by atoms with Gasteiger partial charge in [0.1, 0.15) is 0 Å². The van der Waals surface area contributed by atoms with E-state index in [0.717, 1.165) is 56.1 Å². The van der Waals surface area contributed by atoms with Gasteiger partial charge in [-0.25, -0.2) is 0 Å². The summed E-state index contributed by atoms with van der Waals surface area (Å²) in [6.45, 7) is 9.33. The third-order valence-electron chi connectivity index (χ3n) is 6.02. The molecule has 0 saturated carbocycles. The predicted molar refractivity (Wildman–Crippen MR) is 129 cm³/mol. The number of hydrogen-bond acceptors (Lipinski definition) is 3. The molecule has 0 aliphatic heterocycles. The van der Waals surface area contributed by atoms with E-state index in [9.17, 15) is 10.2 Å². The normalized spacial score (nSPS) is 11.2. The lowest BCUT2D eigenvalue weighted by molar-refractivity contribution is 0.287. The number of phenols is 2. The minimum atomic E-state index is -0.0308.